The summed E-state index contributed by atoms with van der Waals surface area (Å²) in [5, 5.41) is 19.7. The number of ketones is 1. The molecular weight excluding hydrogens is 370 g/mol. The van der Waals surface area contributed by atoms with E-state index >= 15 is 0 Å². The van der Waals surface area contributed by atoms with E-state index in [1.165, 1.54) is 0 Å². The summed E-state index contributed by atoms with van der Waals surface area (Å²) in [5.74, 6) is -6.35. The highest BCUT2D eigenvalue weighted by molar-refractivity contribution is 7.80. The van der Waals surface area contributed by atoms with Gasteiger partial charge >= 0.3 is 11.9 Å². The van der Waals surface area contributed by atoms with Gasteiger partial charge in [0.05, 0.1) is 6.42 Å². The number of aliphatic carboxylic acids is 2. The lowest BCUT2D eigenvalue weighted by Crippen LogP contribution is -2.53. The predicted molar refractivity (Wildman–Crippen MR) is 90.3 cm³/mol. The Morgan fingerprint density at radius 2 is 1.73 bits per heavy atom. The monoisotopic (exact) mass is 391 g/mol. The quantitative estimate of drug-likeness (QED) is 0.196. The highest BCUT2D eigenvalue weighted by Crippen LogP contribution is 2.04. The minimum atomic E-state index is -1.48. The summed E-state index contributed by atoms with van der Waals surface area (Å²) < 4.78 is 0. The number of nitrogens with zero attached hydrogens (tertiary/aromatic N) is 1. The lowest BCUT2D eigenvalue weighted by atomic mass is 10.1. The lowest BCUT2D eigenvalue weighted by molar-refractivity contribution is -0.154. The Morgan fingerprint density at radius 3 is 2.15 bits per heavy atom. The molecule has 11 nitrogen and oxygen atoms in total. The fourth-order valence-electron chi connectivity index (χ4n) is 1.78. The van der Waals surface area contributed by atoms with Crippen LogP contribution in [-0.4, -0.2) is 74.9 Å². The van der Waals surface area contributed by atoms with Crippen LogP contribution in [0.3, 0.4) is 0 Å². The average molecular weight is 391 g/mol. The number of nitrogens with two attached hydrogens (primary N) is 1. The molecule has 2 atom stereocenters. The average Bonchev–Trinajstić information content (AvgIpc) is 2.53. The third-order valence-electron chi connectivity index (χ3n) is 3.08. The summed E-state index contributed by atoms with van der Waals surface area (Å²) in [5.41, 5.74) is 5.27. The van der Waals surface area contributed by atoms with Crippen LogP contribution in [0.4, 0.5) is 0 Å². The van der Waals surface area contributed by atoms with E-state index in [4.69, 9.17) is 15.9 Å². The summed E-state index contributed by atoms with van der Waals surface area (Å²) in [7, 11) is 0. The number of hydrogen-bond donors (Lipinski definition) is 5. The first-order valence-electron chi connectivity index (χ1n) is 7.43. The van der Waals surface area contributed by atoms with Gasteiger partial charge in [0.15, 0.2) is 0 Å². The molecule has 0 aromatic rings. The van der Waals surface area contributed by atoms with Gasteiger partial charge in [-0.1, -0.05) is 0 Å². The molecule has 0 spiro atoms. The summed E-state index contributed by atoms with van der Waals surface area (Å²) >= 11 is 3.89. The molecule has 1 unspecified atom stereocenters. The Balaban J connectivity index is 5.05. The molecule has 0 aliphatic rings. The number of carboxylic acid groups (broad SMARTS) is 2. The smallest absolute Gasteiger partial charge is 0.323 e. The number of carboxylic acids is 2. The second-order valence-corrected chi connectivity index (χ2v) is 5.74. The molecule has 0 rings (SSSR count). The van der Waals surface area contributed by atoms with Crippen LogP contribution in [0.15, 0.2) is 0 Å². The van der Waals surface area contributed by atoms with Crippen LogP contribution in [0.25, 0.3) is 0 Å². The summed E-state index contributed by atoms with van der Waals surface area (Å²) in [6, 6.07) is -2.59. The zero-order valence-electron chi connectivity index (χ0n) is 14.0. The van der Waals surface area contributed by atoms with Crippen molar-refractivity contribution < 1.29 is 39.0 Å². The van der Waals surface area contributed by atoms with Crippen molar-refractivity contribution in [1.29, 1.82) is 0 Å². The van der Waals surface area contributed by atoms with Crippen LogP contribution in [0.2, 0.25) is 0 Å². The molecule has 146 valence electrons. The Labute approximate surface area is 154 Å². The van der Waals surface area contributed by atoms with Crippen LogP contribution >= 0.6 is 12.6 Å². The normalized spacial score (nSPS) is 12.6. The fraction of sp³-hybridized carbons (Fsp3) is 0.571. The highest BCUT2D eigenvalue weighted by Gasteiger charge is 2.31. The molecule has 0 aromatic carbocycles. The molecule has 0 saturated carbocycles. The van der Waals surface area contributed by atoms with Crippen molar-refractivity contribution in [3.8, 4) is 0 Å². The molecule has 0 heterocycles. The van der Waals surface area contributed by atoms with Crippen molar-refractivity contribution in [2.75, 3.05) is 12.3 Å². The van der Waals surface area contributed by atoms with E-state index in [0.717, 1.165) is 6.92 Å². The van der Waals surface area contributed by atoms with Gasteiger partial charge in [0.2, 0.25) is 11.8 Å². The minimum Gasteiger partial charge on any atom is -0.480 e. The van der Waals surface area contributed by atoms with Crippen LogP contribution in [0.1, 0.15) is 26.2 Å². The topological polar surface area (TPSA) is 184 Å². The van der Waals surface area contributed by atoms with Gasteiger partial charge in [-0.15, -0.1) is 0 Å². The second kappa shape index (κ2) is 11.2. The number of carbonyl (C=O) groups is 6. The number of rotatable bonds is 11. The van der Waals surface area contributed by atoms with Crippen LogP contribution < -0.4 is 11.1 Å². The molecule has 12 heteroatoms. The van der Waals surface area contributed by atoms with Crippen LogP contribution in [0.5, 0.6) is 0 Å². The molecule has 0 aromatic heterocycles. The molecule has 0 radical (unpaired) electrons. The third kappa shape index (κ3) is 8.58. The minimum absolute atomic E-state index is 0.184. The molecule has 0 fully saturated rings. The number of hydrogen-bond acceptors (Lipinski definition) is 8. The van der Waals surface area contributed by atoms with E-state index in [2.05, 4.69) is 17.9 Å². The number of thiol groups is 1. The van der Waals surface area contributed by atoms with Crippen molar-refractivity contribution in [3.63, 3.8) is 0 Å². The van der Waals surface area contributed by atoms with Gasteiger partial charge < -0.3 is 21.3 Å². The van der Waals surface area contributed by atoms with Gasteiger partial charge in [-0.2, -0.15) is 12.6 Å². The van der Waals surface area contributed by atoms with Crippen molar-refractivity contribution >= 4 is 48.1 Å². The van der Waals surface area contributed by atoms with Gasteiger partial charge in [0.1, 0.15) is 24.4 Å². The van der Waals surface area contributed by atoms with Crippen molar-refractivity contribution in [2.45, 2.75) is 38.3 Å². The predicted octanol–water partition coefficient (Wildman–Crippen LogP) is -1.99. The fourth-order valence-corrected chi connectivity index (χ4v) is 2.03. The first-order chi connectivity index (χ1) is 12.0. The molecular formula is C14H21N3O8S. The maximum absolute atomic E-state index is 12.4. The molecule has 5 N–H and O–H groups in total. The maximum atomic E-state index is 12.4. The first kappa shape index (κ1) is 23.5. The number of amides is 3. The van der Waals surface area contributed by atoms with Gasteiger partial charge in [0.25, 0.3) is 5.91 Å². The van der Waals surface area contributed by atoms with Gasteiger partial charge in [0, 0.05) is 12.2 Å². The van der Waals surface area contributed by atoms with E-state index in [1.807, 2.05) is 0 Å². The van der Waals surface area contributed by atoms with Crippen molar-refractivity contribution in [3.05, 3.63) is 0 Å². The summed E-state index contributed by atoms with van der Waals surface area (Å²) in [6.45, 7) is 0.125. The molecule has 0 saturated heterocycles. The van der Waals surface area contributed by atoms with E-state index in [0.29, 0.717) is 4.90 Å². The van der Waals surface area contributed by atoms with Gasteiger partial charge in [-0.3, -0.25) is 33.7 Å². The van der Waals surface area contributed by atoms with Crippen molar-refractivity contribution in [2.24, 2.45) is 5.73 Å². The van der Waals surface area contributed by atoms with E-state index < -0.39 is 60.5 Å². The Hall–Kier alpha value is -2.47. The summed E-state index contributed by atoms with van der Waals surface area (Å²) in [4.78, 5) is 69.0. The molecule has 3 amide bonds. The Kier molecular flexibility index (Phi) is 10.1. The first-order valence-corrected chi connectivity index (χ1v) is 8.06. The Morgan fingerprint density at radius 1 is 1.15 bits per heavy atom. The van der Waals surface area contributed by atoms with E-state index in [9.17, 15) is 28.8 Å². The number of nitrogens with one attached hydrogen (secondary N) is 1. The van der Waals surface area contributed by atoms with Crippen molar-refractivity contribution in [1.82, 2.24) is 10.2 Å². The molecule has 26 heavy (non-hydrogen) atoms. The third-order valence-corrected chi connectivity index (χ3v) is 3.44. The molecule has 0 bridgehead atoms. The van der Waals surface area contributed by atoms with Gasteiger partial charge in [-0.05, 0) is 13.3 Å². The van der Waals surface area contributed by atoms with Crippen LogP contribution in [0, 0.1) is 0 Å². The second-order valence-electron chi connectivity index (χ2n) is 5.38. The van der Waals surface area contributed by atoms with Crippen LogP contribution in [-0.2, 0) is 28.8 Å². The maximum Gasteiger partial charge on any atom is 0.323 e. The standard InChI is InChI=1S/C14H21N3O8S/c1-7(18)4-11(20)17(5-12(21)22)13(23)9(6-26)16-10(19)3-2-8(15)14(24)25/h8-9,26H,2-6,15H2,1H3,(H,16,19)(H,21,22)(H,24,25)/t8?,9-/m1/s1. The highest BCUT2D eigenvalue weighted by atomic mass is 32.1. The lowest BCUT2D eigenvalue weighted by Gasteiger charge is -2.24. The van der Waals surface area contributed by atoms with E-state index in [-0.39, 0.29) is 18.6 Å². The largest absolute Gasteiger partial charge is 0.480 e. The molecule has 0 aliphatic heterocycles. The zero-order chi connectivity index (χ0) is 20.4. The zero-order valence-corrected chi connectivity index (χ0v) is 14.9. The number of Topliss-reactive ketones (excluding diaryl/α,β-unsaturated/α-hetero) is 1. The Bertz CT molecular complexity index is 595. The number of imide groups is 1. The SMILES string of the molecule is CC(=O)CC(=O)N(CC(=O)O)C(=O)[C@@H](CS)NC(=O)CCC(N)C(=O)O. The summed E-state index contributed by atoms with van der Waals surface area (Å²) in [6.07, 6.45) is -1.15. The number of carbonyl (C=O) groups excluding carboxylic acids is 4. The van der Waals surface area contributed by atoms with Gasteiger partial charge in [-0.25, -0.2) is 0 Å². The van der Waals surface area contributed by atoms with E-state index in [1.54, 1.807) is 0 Å². The molecule has 0 aliphatic carbocycles.